The highest BCUT2D eigenvalue weighted by atomic mass is 19.1. The van der Waals surface area contributed by atoms with E-state index >= 15 is 0 Å². The average molecular weight is 294 g/mol. The quantitative estimate of drug-likeness (QED) is 0.328. The molecule has 2 aromatic carbocycles. The number of rotatable bonds is 2. The van der Waals surface area contributed by atoms with Crippen molar-refractivity contribution in [3.63, 3.8) is 0 Å². The second-order valence-electron chi connectivity index (χ2n) is 4.44. The van der Waals surface area contributed by atoms with Crippen LogP contribution in [0.3, 0.4) is 0 Å². The van der Waals surface area contributed by atoms with Crippen LogP contribution in [0, 0.1) is 12.7 Å². The Morgan fingerprint density at radius 1 is 0.905 bits per heavy atom. The van der Waals surface area contributed by atoms with Crippen molar-refractivity contribution < 1.29 is 34.7 Å². The van der Waals surface area contributed by atoms with Gasteiger partial charge in [-0.3, -0.25) is 4.79 Å². The predicted octanol–water partition coefficient (Wildman–Crippen LogP) is 1.89. The van der Waals surface area contributed by atoms with Crippen LogP contribution in [0.15, 0.2) is 18.2 Å². The van der Waals surface area contributed by atoms with Crippen LogP contribution < -0.4 is 0 Å². The molecular formula is C14H11FO6. The minimum Gasteiger partial charge on any atom is -0.505 e. The molecule has 0 aliphatic carbocycles. The summed E-state index contributed by atoms with van der Waals surface area (Å²) in [5, 5.41) is 47.0. The molecule has 0 radical (unpaired) electrons. The summed E-state index contributed by atoms with van der Waals surface area (Å²) in [7, 11) is 0. The lowest BCUT2D eigenvalue weighted by molar-refractivity contribution is 0.103. The fraction of sp³-hybridized carbons (Fsp3) is 0.0714. The maximum Gasteiger partial charge on any atom is 0.210 e. The van der Waals surface area contributed by atoms with Gasteiger partial charge in [0.15, 0.2) is 34.5 Å². The van der Waals surface area contributed by atoms with Crippen LogP contribution in [0.4, 0.5) is 4.39 Å². The van der Waals surface area contributed by atoms with Gasteiger partial charge >= 0.3 is 0 Å². The van der Waals surface area contributed by atoms with E-state index in [-0.39, 0.29) is 11.1 Å². The van der Waals surface area contributed by atoms with Gasteiger partial charge < -0.3 is 25.5 Å². The lowest BCUT2D eigenvalue weighted by atomic mass is 9.99. The third-order valence-electron chi connectivity index (χ3n) is 2.98. The third-order valence-corrected chi connectivity index (χ3v) is 2.98. The van der Waals surface area contributed by atoms with Gasteiger partial charge in [-0.2, -0.15) is 4.39 Å². The molecule has 0 atom stereocenters. The number of carbonyl (C=O) groups is 1. The van der Waals surface area contributed by atoms with Gasteiger partial charge in [0.2, 0.25) is 5.82 Å². The number of phenols is 5. The minimum absolute atomic E-state index is 0.122. The summed E-state index contributed by atoms with van der Waals surface area (Å²) < 4.78 is 13.2. The van der Waals surface area contributed by atoms with Gasteiger partial charge in [-0.1, -0.05) is 0 Å². The second-order valence-corrected chi connectivity index (χ2v) is 4.44. The van der Waals surface area contributed by atoms with Crippen LogP contribution in [-0.2, 0) is 0 Å². The molecule has 0 saturated heterocycles. The highest BCUT2D eigenvalue weighted by Crippen LogP contribution is 2.39. The fourth-order valence-corrected chi connectivity index (χ4v) is 1.84. The topological polar surface area (TPSA) is 118 Å². The molecule has 0 heterocycles. The number of phenolic OH excluding ortho intramolecular Hbond substituents is 5. The highest BCUT2D eigenvalue weighted by molar-refractivity contribution is 6.11. The molecule has 21 heavy (non-hydrogen) atoms. The van der Waals surface area contributed by atoms with Gasteiger partial charge in [0.25, 0.3) is 0 Å². The SMILES string of the molecule is Cc1cc(C(=O)c2cc(O)c(F)c(O)c2O)cc(O)c1O. The van der Waals surface area contributed by atoms with E-state index in [9.17, 15) is 34.7 Å². The Morgan fingerprint density at radius 3 is 2.10 bits per heavy atom. The van der Waals surface area contributed by atoms with Crippen LogP contribution in [-0.4, -0.2) is 31.3 Å². The zero-order chi connectivity index (χ0) is 15.9. The van der Waals surface area contributed by atoms with Crippen LogP contribution >= 0.6 is 0 Å². The van der Waals surface area contributed by atoms with E-state index in [1.807, 2.05) is 0 Å². The van der Waals surface area contributed by atoms with Gasteiger partial charge in [0.05, 0.1) is 5.56 Å². The average Bonchev–Trinajstić information content (AvgIpc) is 2.45. The van der Waals surface area contributed by atoms with Crippen molar-refractivity contribution in [2.45, 2.75) is 6.92 Å². The Bertz CT molecular complexity index is 731. The maximum absolute atomic E-state index is 13.2. The van der Waals surface area contributed by atoms with Crippen molar-refractivity contribution in [1.29, 1.82) is 0 Å². The third kappa shape index (κ3) is 2.29. The Hall–Kier alpha value is -2.96. The number of carbonyl (C=O) groups excluding carboxylic acids is 1. The van der Waals surface area contributed by atoms with E-state index in [1.165, 1.54) is 13.0 Å². The predicted molar refractivity (Wildman–Crippen MR) is 69.3 cm³/mol. The molecule has 0 amide bonds. The molecule has 2 rings (SSSR count). The number of hydrogen-bond donors (Lipinski definition) is 5. The van der Waals surface area contributed by atoms with E-state index in [0.29, 0.717) is 6.07 Å². The molecule has 0 aliphatic heterocycles. The van der Waals surface area contributed by atoms with Crippen molar-refractivity contribution in [2.24, 2.45) is 0 Å². The fourth-order valence-electron chi connectivity index (χ4n) is 1.84. The molecular weight excluding hydrogens is 283 g/mol. The van der Waals surface area contributed by atoms with Crippen LogP contribution in [0.5, 0.6) is 28.7 Å². The Balaban J connectivity index is 2.61. The maximum atomic E-state index is 13.2. The number of aromatic hydroxyl groups is 5. The molecule has 0 unspecified atom stereocenters. The smallest absolute Gasteiger partial charge is 0.210 e. The number of benzene rings is 2. The molecule has 0 bridgehead atoms. The van der Waals surface area contributed by atoms with Crippen LogP contribution in [0.1, 0.15) is 21.5 Å². The van der Waals surface area contributed by atoms with Crippen LogP contribution in [0.25, 0.3) is 0 Å². The molecule has 5 N–H and O–H groups in total. The Morgan fingerprint density at radius 2 is 1.52 bits per heavy atom. The first-order valence-electron chi connectivity index (χ1n) is 5.74. The Kier molecular flexibility index (Phi) is 3.34. The van der Waals surface area contributed by atoms with Crippen molar-refractivity contribution >= 4 is 5.78 Å². The normalized spacial score (nSPS) is 10.6. The Labute approximate surface area is 118 Å². The molecule has 0 aromatic heterocycles. The summed E-state index contributed by atoms with van der Waals surface area (Å²) in [6.07, 6.45) is 0. The summed E-state index contributed by atoms with van der Waals surface area (Å²) in [6, 6.07) is 2.84. The highest BCUT2D eigenvalue weighted by Gasteiger charge is 2.23. The number of halogens is 1. The molecule has 0 saturated carbocycles. The van der Waals surface area contributed by atoms with Gasteiger partial charge in [-0.25, -0.2) is 0 Å². The standard InChI is InChI=1S/C14H11FO6/c1-5-2-6(3-9(17)11(5)18)12(19)7-4-8(16)10(15)14(21)13(7)20/h2-4,16-18,20-21H,1H3. The number of hydrogen-bond acceptors (Lipinski definition) is 6. The molecule has 110 valence electrons. The monoisotopic (exact) mass is 294 g/mol. The first kappa shape index (κ1) is 14.4. The molecule has 7 heteroatoms. The molecule has 0 fully saturated rings. The van der Waals surface area contributed by atoms with Gasteiger partial charge in [0, 0.05) is 5.56 Å². The number of ketones is 1. The summed E-state index contributed by atoms with van der Waals surface area (Å²) in [4.78, 5) is 12.2. The first-order chi connectivity index (χ1) is 9.73. The van der Waals surface area contributed by atoms with Crippen molar-refractivity contribution in [1.82, 2.24) is 0 Å². The van der Waals surface area contributed by atoms with E-state index in [4.69, 9.17) is 0 Å². The van der Waals surface area contributed by atoms with Gasteiger partial charge in [-0.15, -0.1) is 0 Å². The lowest BCUT2D eigenvalue weighted by Crippen LogP contribution is -2.03. The minimum atomic E-state index is -1.45. The summed E-state index contributed by atoms with van der Waals surface area (Å²) in [6.45, 7) is 1.44. The van der Waals surface area contributed by atoms with Crippen LogP contribution in [0.2, 0.25) is 0 Å². The summed E-state index contributed by atoms with van der Waals surface area (Å²) in [5.41, 5.74) is -0.465. The number of aryl methyl sites for hydroxylation is 1. The molecule has 6 nitrogen and oxygen atoms in total. The summed E-state index contributed by atoms with van der Waals surface area (Å²) in [5.74, 6) is -6.56. The van der Waals surface area contributed by atoms with E-state index in [2.05, 4.69) is 0 Å². The zero-order valence-corrected chi connectivity index (χ0v) is 10.8. The van der Waals surface area contributed by atoms with Gasteiger partial charge in [0.1, 0.15) is 0 Å². The molecule has 2 aromatic rings. The van der Waals surface area contributed by atoms with Gasteiger partial charge in [-0.05, 0) is 30.7 Å². The molecule has 0 spiro atoms. The van der Waals surface area contributed by atoms with Crippen molar-refractivity contribution in [3.8, 4) is 28.7 Å². The largest absolute Gasteiger partial charge is 0.505 e. The first-order valence-corrected chi connectivity index (χ1v) is 5.74. The van der Waals surface area contributed by atoms with Crippen molar-refractivity contribution in [2.75, 3.05) is 0 Å². The van der Waals surface area contributed by atoms with E-state index < -0.39 is 45.9 Å². The summed E-state index contributed by atoms with van der Waals surface area (Å²) >= 11 is 0. The zero-order valence-electron chi connectivity index (χ0n) is 10.8. The van der Waals surface area contributed by atoms with E-state index in [1.54, 1.807) is 0 Å². The molecule has 0 aliphatic rings. The van der Waals surface area contributed by atoms with Crippen molar-refractivity contribution in [3.05, 3.63) is 40.7 Å². The van der Waals surface area contributed by atoms with E-state index in [0.717, 1.165) is 6.07 Å². The lowest BCUT2D eigenvalue weighted by Gasteiger charge is -2.09. The second kappa shape index (κ2) is 4.86.